The molecule has 0 bridgehead atoms. The summed E-state index contributed by atoms with van der Waals surface area (Å²) in [6.45, 7) is 3.55. The van der Waals surface area contributed by atoms with Crippen LogP contribution >= 0.6 is 11.8 Å². The quantitative estimate of drug-likeness (QED) is 0.697. The van der Waals surface area contributed by atoms with Crippen LogP contribution in [0.2, 0.25) is 0 Å². The summed E-state index contributed by atoms with van der Waals surface area (Å²) in [6, 6.07) is 3.43. The molecule has 4 rings (SSSR count). The van der Waals surface area contributed by atoms with E-state index in [9.17, 15) is 14.4 Å². The Morgan fingerprint density at radius 3 is 2.64 bits per heavy atom. The second-order valence-corrected chi connectivity index (χ2v) is 7.53. The van der Waals surface area contributed by atoms with Gasteiger partial charge in [-0.2, -0.15) is 0 Å². The van der Waals surface area contributed by atoms with Gasteiger partial charge in [-0.15, -0.1) is 0 Å². The maximum absolute atomic E-state index is 12.7. The number of thioether (sulfide) groups is 1. The number of hydrogen-bond donors (Lipinski definition) is 0. The summed E-state index contributed by atoms with van der Waals surface area (Å²) in [7, 11) is 0. The molecule has 0 aliphatic carbocycles. The average molecular weight is 404 g/mol. The first-order chi connectivity index (χ1) is 13.6. The highest BCUT2D eigenvalue weighted by atomic mass is 32.2. The highest BCUT2D eigenvalue weighted by molar-refractivity contribution is 8.18. The second kappa shape index (κ2) is 7.75. The lowest BCUT2D eigenvalue weighted by Gasteiger charge is -2.18. The summed E-state index contributed by atoms with van der Waals surface area (Å²) in [4.78, 5) is 40.3. The maximum atomic E-state index is 12.7. The van der Waals surface area contributed by atoms with Crippen molar-refractivity contribution in [1.82, 2.24) is 9.80 Å². The van der Waals surface area contributed by atoms with Crippen molar-refractivity contribution in [2.45, 2.75) is 19.8 Å². The topological polar surface area (TPSA) is 85.4 Å². The van der Waals surface area contributed by atoms with Crippen molar-refractivity contribution in [2.24, 2.45) is 0 Å². The zero-order chi connectivity index (χ0) is 19.7. The molecule has 3 amide bonds. The number of carbonyl (C=O) groups excluding carboxylic acids is 3. The van der Waals surface area contributed by atoms with Crippen molar-refractivity contribution in [2.75, 3.05) is 33.0 Å². The maximum Gasteiger partial charge on any atom is 0.294 e. The molecule has 2 saturated heterocycles. The van der Waals surface area contributed by atoms with Crippen molar-refractivity contribution < 1.29 is 28.6 Å². The third kappa shape index (κ3) is 3.54. The fourth-order valence-corrected chi connectivity index (χ4v) is 4.14. The number of likely N-dealkylation sites (tertiary alicyclic amines) is 1. The third-order valence-electron chi connectivity index (χ3n) is 4.72. The van der Waals surface area contributed by atoms with E-state index >= 15 is 0 Å². The van der Waals surface area contributed by atoms with Crippen molar-refractivity contribution in [3.63, 3.8) is 0 Å². The molecule has 1 aromatic rings. The van der Waals surface area contributed by atoms with Gasteiger partial charge in [0.05, 0.1) is 11.5 Å². The molecule has 148 valence electrons. The van der Waals surface area contributed by atoms with Crippen LogP contribution in [0.25, 0.3) is 6.08 Å². The summed E-state index contributed by atoms with van der Waals surface area (Å²) in [5.41, 5.74) is 0.613. The Bertz CT molecular complexity index is 862. The van der Waals surface area contributed by atoms with Crippen LogP contribution < -0.4 is 14.2 Å². The van der Waals surface area contributed by atoms with Crippen molar-refractivity contribution in [1.29, 1.82) is 0 Å². The number of amides is 3. The number of hydrogen-bond acceptors (Lipinski definition) is 7. The van der Waals surface area contributed by atoms with Crippen LogP contribution in [-0.2, 0) is 9.59 Å². The van der Waals surface area contributed by atoms with E-state index in [1.807, 2.05) is 6.92 Å². The number of fused-ring (bicyclic) bond motifs is 1. The minimum Gasteiger partial charge on any atom is -0.493 e. The average Bonchev–Trinajstić information content (AvgIpc) is 3.40. The Hall–Kier alpha value is -2.68. The van der Waals surface area contributed by atoms with Crippen LogP contribution in [0.5, 0.6) is 17.2 Å². The zero-order valence-corrected chi connectivity index (χ0v) is 16.3. The summed E-state index contributed by atoms with van der Waals surface area (Å²) < 4.78 is 16.4. The molecule has 0 aromatic heterocycles. The Balaban J connectivity index is 1.56. The predicted octanol–water partition coefficient (Wildman–Crippen LogP) is 2.47. The molecule has 3 aliphatic rings. The molecule has 0 spiro atoms. The molecule has 3 aliphatic heterocycles. The number of imide groups is 1. The monoisotopic (exact) mass is 404 g/mol. The van der Waals surface area contributed by atoms with Gasteiger partial charge >= 0.3 is 0 Å². The fourth-order valence-electron chi connectivity index (χ4n) is 3.31. The van der Waals surface area contributed by atoms with E-state index in [0.717, 1.165) is 29.5 Å². The van der Waals surface area contributed by atoms with E-state index < -0.39 is 11.1 Å². The Morgan fingerprint density at radius 2 is 1.93 bits per heavy atom. The molecule has 0 radical (unpaired) electrons. The molecular weight excluding hydrogens is 384 g/mol. The summed E-state index contributed by atoms with van der Waals surface area (Å²) in [5.74, 6) is 0.997. The zero-order valence-electron chi connectivity index (χ0n) is 15.4. The molecule has 9 heteroatoms. The SMILES string of the molecule is CCOc1cc2c(cc1/C=C1/SC(=O)N(CC(=O)N3CCCC3)C1=O)OCO2. The number of rotatable bonds is 5. The van der Waals surface area contributed by atoms with Crippen LogP contribution in [0, 0.1) is 0 Å². The minimum absolute atomic E-state index is 0.124. The normalized spacial score (nSPS) is 19.8. The smallest absolute Gasteiger partial charge is 0.294 e. The van der Waals surface area contributed by atoms with E-state index in [-0.39, 0.29) is 24.2 Å². The number of ether oxygens (including phenoxy) is 3. The highest BCUT2D eigenvalue weighted by Gasteiger charge is 2.37. The van der Waals surface area contributed by atoms with Gasteiger partial charge in [-0.1, -0.05) is 0 Å². The van der Waals surface area contributed by atoms with Crippen LogP contribution in [0.1, 0.15) is 25.3 Å². The molecule has 28 heavy (non-hydrogen) atoms. The van der Waals surface area contributed by atoms with Gasteiger partial charge in [0.2, 0.25) is 12.7 Å². The van der Waals surface area contributed by atoms with Crippen molar-refractivity contribution >= 4 is 34.9 Å². The lowest BCUT2D eigenvalue weighted by molar-refractivity contribution is -0.135. The number of carbonyl (C=O) groups is 3. The summed E-state index contributed by atoms with van der Waals surface area (Å²) in [5, 5.41) is -0.442. The van der Waals surface area contributed by atoms with Crippen molar-refractivity contribution in [3.8, 4) is 17.2 Å². The lowest BCUT2D eigenvalue weighted by Crippen LogP contribution is -2.40. The fraction of sp³-hybridized carbons (Fsp3) is 0.421. The first kappa shape index (κ1) is 18.7. The second-order valence-electron chi connectivity index (χ2n) is 6.53. The molecule has 0 unspecified atom stereocenters. The van der Waals surface area contributed by atoms with Gasteiger partial charge in [-0.25, -0.2) is 0 Å². The Morgan fingerprint density at radius 1 is 1.21 bits per heavy atom. The molecule has 8 nitrogen and oxygen atoms in total. The highest BCUT2D eigenvalue weighted by Crippen LogP contribution is 2.41. The molecular formula is C19H20N2O6S. The molecule has 0 saturated carbocycles. The summed E-state index contributed by atoms with van der Waals surface area (Å²) >= 11 is 0.821. The van der Waals surface area contributed by atoms with Crippen LogP contribution in [0.3, 0.4) is 0 Å². The van der Waals surface area contributed by atoms with Gasteiger partial charge in [-0.3, -0.25) is 19.3 Å². The number of benzene rings is 1. The Kier molecular flexibility index (Phi) is 5.17. The first-order valence-corrected chi connectivity index (χ1v) is 9.98. The van der Waals surface area contributed by atoms with Gasteiger partial charge in [-0.05, 0) is 43.7 Å². The van der Waals surface area contributed by atoms with E-state index in [2.05, 4.69) is 0 Å². The largest absolute Gasteiger partial charge is 0.493 e. The molecule has 2 fully saturated rings. The van der Waals surface area contributed by atoms with Gasteiger partial charge in [0.25, 0.3) is 11.1 Å². The summed E-state index contributed by atoms with van der Waals surface area (Å²) in [6.07, 6.45) is 3.51. The first-order valence-electron chi connectivity index (χ1n) is 9.16. The van der Waals surface area contributed by atoms with Gasteiger partial charge in [0.15, 0.2) is 11.5 Å². The van der Waals surface area contributed by atoms with E-state index in [1.54, 1.807) is 23.1 Å². The Labute approximate surface area is 166 Å². The molecule has 1 aromatic carbocycles. The van der Waals surface area contributed by atoms with E-state index in [0.29, 0.717) is 42.5 Å². The lowest BCUT2D eigenvalue weighted by atomic mass is 10.1. The van der Waals surface area contributed by atoms with Crippen LogP contribution in [-0.4, -0.2) is 59.9 Å². The molecule has 3 heterocycles. The van der Waals surface area contributed by atoms with E-state index in [4.69, 9.17) is 14.2 Å². The standard InChI is InChI=1S/C19H20N2O6S/c1-2-25-13-9-15-14(26-11-27-15)7-12(13)8-16-18(23)21(19(24)28-16)10-17(22)20-5-3-4-6-20/h7-9H,2-6,10-11H2,1H3/b16-8+. The predicted molar refractivity (Wildman–Crippen MR) is 102 cm³/mol. The third-order valence-corrected chi connectivity index (χ3v) is 5.62. The van der Waals surface area contributed by atoms with Crippen LogP contribution in [0.4, 0.5) is 4.79 Å². The van der Waals surface area contributed by atoms with E-state index in [1.165, 1.54) is 0 Å². The van der Waals surface area contributed by atoms with Gasteiger partial charge in [0.1, 0.15) is 12.3 Å². The van der Waals surface area contributed by atoms with Crippen molar-refractivity contribution in [3.05, 3.63) is 22.6 Å². The van der Waals surface area contributed by atoms with Gasteiger partial charge in [0, 0.05) is 24.7 Å². The molecule has 0 N–H and O–H groups in total. The molecule has 0 atom stereocenters. The van der Waals surface area contributed by atoms with Gasteiger partial charge < -0.3 is 19.1 Å². The minimum atomic E-state index is -0.470. The number of nitrogens with zero attached hydrogens (tertiary/aromatic N) is 2. The van der Waals surface area contributed by atoms with Crippen LogP contribution in [0.15, 0.2) is 17.0 Å².